The van der Waals surface area contributed by atoms with Crippen molar-refractivity contribution in [3.8, 4) is 0 Å². The van der Waals surface area contributed by atoms with Gasteiger partial charge in [-0.3, -0.25) is 0 Å². The normalized spacial score (nSPS) is 10.9. The van der Waals surface area contributed by atoms with Gasteiger partial charge in [-0.15, -0.1) is 0 Å². The fraction of sp³-hybridized carbons (Fsp3) is 0.300. The molecule has 0 aliphatic carbocycles. The monoisotopic (exact) mass is 220 g/mol. The van der Waals surface area contributed by atoms with E-state index in [-0.39, 0.29) is 11.7 Å². The Bertz CT molecular complexity index is 533. The molecule has 0 radical (unpaired) electrons. The summed E-state index contributed by atoms with van der Waals surface area (Å²) < 4.78 is 1.64. The summed E-state index contributed by atoms with van der Waals surface area (Å²) in [7, 11) is 0. The summed E-state index contributed by atoms with van der Waals surface area (Å²) in [4.78, 5) is 18.9. The lowest BCUT2D eigenvalue weighted by atomic mass is 10.4. The number of nitrogens with zero attached hydrogens (tertiary/aromatic N) is 3. The first-order valence-electron chi connectivity index (χ1n) is 4.91. The number of aromatic nitrogens is 3. The van der Waals surface area contributed by atoms with E-state index in [1.807, 2.05) is 13.8 Å². The van der Waals surface area contributed by atoms with Crippen LogP contribution >= 0.6 is 0 Å². The van der Waals surface area contributed by atoms with Crippen molar-refractivity contribution in [2.24, 2.45) is 0 Å². The third-order valence-electron chi connectivity index (χ3n) is 2.02. The smallest absolute Gasteiger partial charge is 0.356 e. The molecule has 0 fully saturated rings. The fourth-order valence-corrected chi connectivity index (χ4v) is 1.40. The van der Waals surface area contributed by atoms with Crippen molar-refractivity contribution in [3.63, 3.8) is 0 Å². The first kappa shape index (κ1) is 10.4. The molecule has 2 aromatic rings. The molecule has 0 aliphatic heterocycles. The van der Waals surface area contributed by atoms with E-state index in [9.17, 15) is 4.79 Å². The summed E-state index contributed by atoms with van der Waals surface area (Å²) >= 11 is 0. The van der Waals surface area contributed by atoms with E-state index < -0.39 is 5.97 Å². The van der Waals surface area contributed by atoms with Crippen molar-refractivity contribution in [3.05, 3.63) is 24.3 Å². The highest BCUT2D eigenvalue weighted by molar-refractivity contribution is 5.86. The minimum atomic E-state index is -1.04. The molecule has 0 saturated heterocycles. The fourth-order valence-electron chi connectivity index (χ4n) is 1.40. The first-order valence-corrected chi connectivity index (χ1v) is 4.91. The largest absolute Gasteiger partial charge is 0.476 e. The highest BCUT2D eigenvalue weighted by atomic mass is 16.4. The number of anilines is 1. The predicted molar refractivity (Wildman–Crippen MR) is 58.7 cm³/mol. The van der Waals surface area contributed by atoms with Gasteiger partial charge in [0, 0.05) is 24.6 Å². The summed E-state index contributed by atoms with van der Waals surface area (Å²) in [6.07, 6.45) is 4.73. The molecule has 0 amide bonds. The number of nitrogens with one attached hydrogen (secondary N) is 1. The third kappa shape index (κ3) is 1.81. The second-order valence-electron chi connectivity index (χ2n) is 3.74. The van der Waals surface area contributed by atoms with Crippen molar-refractivity contribution in [2.75, 3.05) is 5.32 Å². The lowest BCUT2D eigenvalue weighted by molar-refractivity contribution is 0.0691. The van der Waals surface area contributed by atoms with Gasteiger partial charge in [0.2, 0.25) is 0 Å². The Kier molecular flexibility index (Phi) is 2.47. The van der Waals surface area contributed by atoms with Crippen LogP contribution in [0.3, 0.4) is 0 Å². The van der Waals surface area contributed by atoms with Gasteiger partial charge < -0.3 is 14.8 Å². The third-order valence-corrected chi connectivity index (χ3v) is 2.02. The number of rotatable bonds is 3. The zero-order chi connectivity index (χ0) is 11.7. The minimum Gasteiger partial charge on any atom is -0.476 e. The Balaban J connectivity index is 2.54. The predicted octanol–water partition coefficient (Wildman–Crippen LogP) is 1.25. The molecule has 16 heavy (non-hydrogen) atoms. The molecule has 2 rings (SSSR count). The van der Waals surface area contributed by atoms with E-state index in [0.717, 1.165) is 0 Å². The average molecular weight is 220 g/mol. The Morgan fingerprint density at radius 1 is 1.56 bits per heavy atom. The van der Waals surface area contributed by atoms with Crippen LogP contribution in [-0.2, 0) is 0 Å². The summed E-state index contributed by atoms with van der Waals surface area (Å²) in [5, 5.41) is 12.0. The van der Waals surface area contributed by atoms with Gasteiger partial charge in [-0.25, -0.2) is 14.8 Å². The lowest BCUT2D eigenvalue weighted by Gasteiger charge is -2.08. The maximum Gasteiger partial charge on any atom is 0.356 e. The van der Waals surface area contributed by atoms with Crippen LogP contribution in [-0.4, -0.2) is 31.5 Å². The van der Waals surface area contributed by atoms with Gasteiger partial charge >= 0.3 is 5.97 Å². The molecule has 84 valence electrons. The number of aromatic carboxylic acids is 1. The Labute approximate surface area is 92.0 Å². The number of carbonyl (C=O) groups is 1. The molecule has 6 heteroatoms. The highest BCUT2D eigenvalue weighted by Crippen LogP contribution is 2.14. The second kappa shape index (κ2) is 3.80. The highest BCUT2D eigenvalue weighted by Gasteiger charge is 2.12. The molecule has 0 unspecified atom stereocenters. The van der Waals surface area contributed by atoms with Gasteiger partial charge in [-0.2, -0.15) is 0 Å². The Morgan fingerprint density at radius 3 is 2.94 bits per heavy atom. The Morgan fingerprint density at radius 2 is 2.31 bits per heavy atom. The number of imidazole rings is 1. The van der Waals surface area contributed by atoms with Crippen LogP contribution in [0.2, 0.25) is 0 Å². The van der Waals surface area contributed by atoms with Crippen molar-refractivity contribution < 1.29 is 9.90 Å². The van der Waals surface area contributed by atoms with Gasteiger partial charge in [0.15, 0.2) is 17.2 Å². The first-order chi connectivity index (χ1) is 7.58. The summed E-state index contributed by atoms with van der Waals surface area (Å²) in [6.45, 7) is 3.96. The zero-order valence-electron chi connectivity index (χ0n) is 9.01. The molecule has 2 N–H and O–H groups in total. The molecular formula is C10H12N4O2. The molecule has 0 aromatic carbocycles. The lowest BCUT2D eigenvalue weighted by Crippen LogP contribution is -2.12. The van der Waals surface area contributed by atoms with Gasteiger partial charge in [-0.1, -0.05) is 0 Å². The molecule has 0 atom stereocenters. The van der Waals surface area contributed by atoms with E-state index in [4.69, 9.17) is 5.11 Å². The summed E-state index contributed by atoms with van der Waals surface area (Å²) in [5.41, 5.74) is 0.536. The summed E-state index contributed by atoms with van der Waals surface area (Å²) in [5.74, 6) is -0.454. The van der Waals surface area contributed by atoms with Crippen molar-refractivity contribution in [1.29, 1.82) is 0 Å². The quantitative estimate of drug-likeness (QED) is 0.813. The van der Waals surface area contributed by atoms with Gasteiger partial charge in [-0.05, 0) is 13.8 Å². The molecule has 0 bridgehead atoms. The van der Waals surface area contributed by atoms with Crippen LogP contribution in [0, 0.1) is 0 Å². The van der Waals surface area contributed by atoms with Crippen LogP contribution in [0.25, 0.3) is 5.65 Å². The number of hydrogen-bond acceptors (Lipinski definition) is 4. The molecular weight excluding hydrogens is 208 g/mol. The topological polar surface area (TPSA) is 79.5 Å². The van der Waals surface area contributed by atoms with Crippen LogP contribution in [0.4, 0.5) is 5.82 Å². The number of hydrogen-bond donors (Lipinski definition) is 2. The summed E-state index contributed by atoms with van der Waals surface area (Å²) in [6, 6.07) is 0.212. The molecule has 0 saturated carbocycles. The van der Waals surface area contributed by atoms with Crippen LogP contribution in [0.1, 0.15) is 24.3 Å². The standard InChI is InChI=1S/C10H12N4O2/c1-6(2)12-8-9-13-7(10(15)16)5-14(9)4-3-11-8/h3-6H,1-2H3,(H,11,12)(H,15,16). The SMILES string of the molecule is CC(C)Nc1nccn2cc(C(=O)O)nc12. The van der Waals surface area contributed by atoms with Gasteiger partial charge in [0.25, 0.3) is 0 Å². The molecule has 0 spiro atoms. The van der Waals surface area contributed by atoms with Crippen molar-refractivity contribution >= 4 is 17.4 Å². The number of fused-ring (bicyclic) bond motifs is 1. The zero-order valence-corrected chi connectivity index (χ0v) is 9.01. The molecule has 2 aromatic heterocycles. The maximum absolute atomic E-state index is 10.8. The minimum absolute atomic E-state index is 0.0137. The van der Waals surface area contributed by atoms with E-state index in [1.165, 1.54) is 6.20 Å². The van der Waals surface area contributed by atoms with Gasteiger partial charge in [0.05, 0.1) is 0 Å². The Hall–Kier alpha value is -2.11. The van der Waals surface area contributed by atoms with Crippen molar-refractivity contribution in [1.82, 2.24) is 14.4 Å². The molecule has 0 aliphatic rings. The van der Waals surface area contributed by atoms with Crippen LogP contribution in [0.15, 0.2) is 18.6 Å². The van der Waals surface area contributed by atoms with Gasteiger partial charge in [0.1, 0.15) is 0 Å². The molecule has 6 nitrogen and oxygen atoms in total. The van der Waals surface area contributed by atoms with E-state index in [2.05, 4.69) is 15.3 Å². The second-order valence-corrected chi connectivity index (χ2v) is 3.74. The maximum atomic E-state index is 10.8. The molecule has 2 heterocycles. The number of carboxylic acid groups (broad SMARTS) is 1. The average Bonchev–Trinajstić information content (AvgIpc) is 2.61. The van der Waals surface area contributed by atoms with E-state index in [0.29, 0.717) is 11.5 Å². The van der Waals surface area contributed by atoms with Crippen molar-refractivity contribution in [2.45, 2.75) is 19.9 Å². The van der Waals surface area contributed by atoms with Crippen LogP contribution < -0.4 is 5.32 Å². The van der Waals surface area contributed by atoms with Crippen LogP contribution in [0.5, 0.6) is 0 Å². The number of carboxylic acids is 1. The van der Waals surface area contributed by atoms with E-state index >= 15 is 0 Å². The van der Waals surface area contributed by atoms with E-state index in [1.54, 1.807) is 16.8 Å².